The van der Waals surface area contributed by atoms with Crippen molar-refractivity contribution in [3.8, 4) is 5.88 Å². The molecule has 1 fully saturated rings. The fraction of sp³-hybridized carbons (Fsp3) is 0.450. The molecule has 3 N–H and O–H groups in total. The summed E-state index contributed by atoms with van der Waals surface area (Å²) in [4.78, 5) is 11.1. The predicted molar refractivity (Wildman–Crippen MR) is 115 cm³/mol. The molecule has 0 bridgehead atoms. The number of aromatic nitrogens is 4. The van der Waals surface area contributed by atoms with Crippen LogP contribution in [0.5, 0.6) is 5.88 Å². The highest BCUT2D eigenvalue weighted by molar-refractivity contribution is 6.33. The molecule has 1 aliphatic rings. The summed E-state index contributed by atoms with van der Waals surface area (Å²) in [5.74, 6) is 1.68. The van der Waals surface area contributed by atoms with Gasteiger partial charge in [0, 0.05) is 50.4 Å². The van der Waals surface area contributed by atoms with Crippen LogP contribution in [0.15, 0.2) is 24.5 Å². The van der Waals surface area contributed by atoms with Crippen LogP contribution in [-0.2, 0) is 6.42 Å². The minimum Gasteiger partial charge on any atom is -0.478 e. The second kappa shape index (κ2) is 8.84. The van der Waals surface area contributed by atoms with Gasteiger partial charge in [-0.15, -0.1) is 0 Å². The summed E-state index contributed by atoms with van der Waals surface area (Å²) in [6, 6.07) is 3.87. The molecule has 154 valence electrons. The van der Waals surface area contributed by atoms with Crippen LogP contribution in [0.25, 0.3) is 5.52 Å². The number of rotatable bonds is 7. The molecule has 9 heteroatoms. The van der Waals surface area contributed by atoms with E-state index in [1.165, 1.54) is 0 Å². The van der Waals surface area contributed by atoms with E-state index < -0.39 is 0 Å². The molecule has 0 spiro atoms. The Morgan fingerprint density at radius 3 is 2.83 bits per heavy atom. The molecule has 1 aliphatic heterocycles. The number of anilines is 2. The summed E-state index contributed by atoms with van der Waals surface area (Å²) in [6.07, 6.45) is 6.38. The summed E-state index contributed by atoms with van der Waals surface area (Å²) >= 11 is 6.55. The third kappa shape index (κ3) is 4.38. The number of piperazine rings is 1. The zero-order chi connectivity index (χ0) is 20.2. The summed E-state index contributed by atoms with van der Waals surface area (Å²) in [7, 11) is 0. The predicted octanol–water partition coefficient (Wildman–Crippen LogP) is 2.54. The number of hydrogen-bond acceptors (Lipinski definition) is 7. The lowest BCUT2D eigenvalue weighted by Crippen LogP contribution is -2.44. The lowest BCUT2D eigenvalue weighted by atomic mass is 10.1. The van der Waals surface area contributed by atoms with Crippen molar-refractivity contribution >= 4 is 28.9 Å². The van der Waals surface area contributed by atoms with E-state index in [2.05, 4.69) is 32.2 Å². The first-order chi connectivity index (χ1) is 14.2. The van der Waals surface area contributed by atoms with Gasteiger partial charge in [0.05, 0.1) is 23.3 Å². The van der Waals surface area contributed by atoms with Gasteiger partial charge < -0.3 is 20.7 Å². The van der Waals surface area contributed by atoms with Gasteiger partial charge in [-0.2, -0.15) is 10.1 Å². The maximum absolute atomic E-state index is 6.55. The van der Waals surface area contributed by atoms with E-state index in [0.29, 0.717) is 29.9 Å². The van der Waals surface area contributed by atoms with Crippen LogP contribution in [-0.4, -0.2) is 52.4 Å². The smallest absolute Gasteiger partial charge is 0.225 e. The first kappa shape index (κ1) is 19.7. The van der Waals surface area contributed by atoms with Gasteiger partial charge in [-0.3, -0.25) is 0 Å². The highest BCUT2D eigenvalue weighted by Gasteiger charge is 2.16. The van der Waals surface area contributed by atoms with Crippen molar-refractivity contribution in [3.63, 3.8) is 0 Å². The fourth-order valence-corrected chi connectivity index (χ4v) is 3.77. The highest BCUT2D eigenvalue weighted by atomic mass is 35.5. The van der Waals surface area contributed by atoms with Gasteiger partial charge in [0.1, 0.15) is 5.82 Å². The molecule has 4 heterocycles. The zero-order valence-corrected chi connectivity index (χ0v) is 17.3. The molecule has 3 aromatic heterocycles. The van der Waals surface area contributed by atoms with Gasteiger partial charge in [-0.25, -0.2) is 9.50 Å². The van der Waals surface area contributed by atoms with E-state index in [1.807, 2.05) is 18.3 Å². The Morgan fingerprint density at radius 2 is 2.07 bits per heavy atom. The number of nitrogens with one attached hydrogen (secondary N) is 1. The molecule has 0 aliphatic carbocycles. The lowest BCUT2D eigenvalue weighted by Gasteiger charge is -2.29. The van der Waals surface area contributed by atoms with Crippen LogP contribution < -0.4 is 20.7 Å². The van der Waals surface area contributed by atoms with Gasteiger partial charge in [0.15, 0.2) is 0 Å². The molecule has 0 radical (unpaired) electrons. The molecule has 29 heavy (non-hydrogen) atoms. The monoisotopic (exact) mass is 415 g/mol. The van der Waals surface area contributed by atoms with E-state index in [1.54, 1.807) is 10.7 Å². The van der Waals surface area contributed by atoms with Crippen molar-refractivity contribution in [1.29, 1.82) is 0 Å². The lowest BCUT2D eigenvalue weighted by molar-refractivity contribution is 0.298. The number of ether oxygens (including phenoxy) is 1. The second-order valence-corrected chi connectivity index (χ2v) is 7.59. The minimum absolute atomic E-state index is 0.311. The summed E-state index contributed by atoms with van der Waals surface area (Å²) < 4.78 is 7.37. The molecule has 3 aromatic rings. The van der Waals surface area contributed by atoms with Gasteiger partial charge in [0.25, 0.3) is 0 Å². The summed E-state index contributed by atoms with van der Waals surface area (Å²) in [6.45, 7) is 6.45. The summed E-state index contributed by atoms with van der Waals surface area (Å²) in [5.41, 5.74) is 8.98. The molecule has 8 nitrogen and oxygen atoms in total. The van der Waals surface area contributed by atoms with Gasteiger partial charge in [0.2, 0.25) is 11.8 Å². The van der Waals surface area contributed by atoms with Crippen molar-refractivity contribution in [3.05, 3.63) is 40.7 Å². The molecule has 0 saturated carbocycles. The number of nitrogen functional groups attached to an aromatic ring is 1. The molecule has 0 amide bonds. The van der Waals surface area contributed by atoms with E-state index >= 15 is 0 Å². The molecular formula is C20H26ClN7O. The number of nitrogens with zero attached hydrogens (tertiary/aromatic N) is 5. The van der Waals surface area contributed by atoms with Crippen LogP contribution in [0.4, 0.5) is 11.8 Å². The number of pyridine rings is 1. The first-order valence-corrected chi connectivity index (χ1v) is 10.4. The van der Waals surface area contributed by atoms with Crippen LogP contribution >= 0.6 is 11.6 Å². The average Bonchev–Trinajstić information content (AvgIpc) is 3.12. The molecule has 4 rings (SSSR count). The zero-order valence-electron chi connectivity index (χ0n) is 16.6. The van der Waals surface area contributed by atoms with Gasteiger partial charge >= 0.3 is 0 Å². The Kier molecular flexibility index (Phi) is 6.01. The minimum atomic E-state index is 0.311. The van der Waals surface area contributed by atoms with Crippen molar-refractivity contribution in [2.24, 2.45) is 0 Å². The molecule has 1 saturated heterocycles. The van der Waals surface area contributed by atoms with Crippen LogP contribution in [0.2, 0.25) is 5.02 Å². The number of hydrogen-bond donors (Lipinski definition) is 2. The maximum atomic E-state index is 6.55. The van der Waals surface area contributed by atoms with Crippen molar-refractivity contribution in [2.75, 3.05) is 43.4 Å². The van der Waals surface area contributed by atoms with Crippen molar-refractivity contribution < 1.29 is 4.74 Å². The normalized spacial score (nSPS) is 14.5. The fourth-order valence-electron chi connectivity index (χ4n) is 3.47. The molecular weight excluding hydrogens is 390 g/mol. The largest absolute Gasteiger partial charge is 0.478 e. The average molecular weight is 416 g/mol. The molecule has 0 aromatic carbocycles. The Balaban J connectivity index is 1.56. The highest BCUT2D eigenvalue weighted by Crippen LogP contribution is 2.27. The molecule has 0 unspecified atom stereocenters. The second-order valence-electron chi connectivity index (χ2n) is 7.18. The quantitative estimate of drug-likeness (QED) is 0.572. The van der Waals surface area contributed by atoms with E-state index in [9.17, 15) is 0 Å². The number of unbranched alkanes of at least 4 members (excludes halogenated alkanes) is 1. The Labute approximate surface area is 175 Å². The third-order valence-corrected chi connectivity index (χ3v) is 5.30. The number of halogens is 1. The van der Waals surface area contributed by atoms with Crippen LogP contribution in [0, 0.1) is 0 Å². The van der Waals surface area contributed by atoms with Gasteiger partial charge in [-0.1, -0.05) is 24.9 Å². The van der Waals surface area contributed by atoms with Crippen molar-refractivity contribution in [2.45, 2.75) is 26.2 Å². The third-order valence-electron chi connectivity index (χ3n) is 5.03. The van der Waals surface area contributed by atoms with Crippen LogP contribution in [0.1, 0.15) is 30.9 Å². The standard InChI is InChI=1S/C20H26ClN7O/c1-2-3-8-29-18-11-17-15(13-25-28(17)20(22)26-18)9-14-10-16(21)19(24-12-14)27-6-4-23-5-7-27/h10-13,23H,2-9H2,1H3,(H2,22,26). The van der Waals surface area contributed by atoms with Gasteiger partial charge in [-0.05, 0) is 18.1 Å². The first-order valence-electron chi connectivity index (χ1n) is 10.0. The van der Waals surface area contributed by atoms with Crippen molar-refractivity contribution in [1.82, 2.24) is 24.9 Å². The van der Waals surface area contributed by atoms with E-state index in [0.717, 1.165) is 61.5 Å². The van der Waals surface area contributed by atoms with E-state index in [4.69, 9.17) is 22.1 Å². The SMILES string of the molecule is CCCCOc1cc2c(Cc3cnc(N4CCNCC4)c(Cl)c3)cnn2c(N)n1. The topological polar surface area (TPSA) is 93.6 Å². The summed E-state index contributed by atoms with van der Waals surface area (Å²) in [5, 5.41) is 8.38. The maximum Gasteiger partial charge on any atom is 0.225 e. The number of nitrogens with two attached hydrogens (primary N) is 1. The Hall–Kier alpha value is -2.58. The Bertz CT molecular complexity index is 984. The molecule has 0 atom stereocenters. The van der Waals surface area contributed by atoms with Crippen LogP contribution in [0.3, 0.4) is 0 Å². The van der Waals surface area contributed by atoms with E-state index in [-0.39, 0.29) is 0 Å². The number of fused-ring (bicyclic) bond motifs is 1. The Morgan fingerprint density at radius 1 is 1.24 bits per heavy atom.